The fourth-order valence-corrected chi connectivity index (χ4v) is 3.65. The Balaban J connectivity index is 1.51. The Morgan fingerprint density at radius 1 is 1.14 bits per heavy atom. The van der Waals surface area contributed by atoms with Gasteiger partial charge in [-0.3, -0.25) is 4.90 Å². The van der Waals surface area contributed by atoms with Crippen molar-refractivity contribution < 1.29 is 0 Å². The maximum atomic E-state index is 3.94. The summed E-state index contributed by atoms with van der Waals surface area (Å²) in [6, 6.07) is 9.57. The first-order chi connectivity index (χ1) is 10.4. The van der Waals surface area contributed by atoms with Crippen molar-refractivity contribution in [3.8, 4) is 5.69 Å². The average molecular weight is 284 g/mol. The molecular formula is C15H20N6. The Kier molecular flexibility index (Phi) is 3.31. The fourth-order valence-electron chi connectivity index (χ4n) is 3.65. The quantitative estimate of drug-likeness (QED) is 0.929. The number of piperidine rings is 1. The molecule has 0 aliphatic carbocycles. The maximum absolute atomic E-state index is 3.94. The van der Waals surface area contributed by atoms with Gasteiger partial charge in [-0.1, -0.05) is 12.5 Å². The Labute approximate surface area is 124 Å². The van der Waals surface area contributed by atoms with Gasteiger partial charge in [-0.05, 0) is 54.4 Å². The number of hydrogen-bond acceptors (Lipinski definition) is 5. The van der Waals surface area contributed by atoms with E-state index in [0.29, 0.717) is 12.1 Å². The smallest absolute Gasteiger partial charge is 0.143 e. The summed E-state index contributed by atoms with van der Waals surface area (Å²) in [5.41, 5.74) is 2.14. The SMILES string of the molecule is c1cc(NC2CCN3CCCCC23)cc(-n2cnnn2)c1. The summed E-state index contributed by atoms with van der Waals surface area (Å²) in [6.07, 6.45) is 6.91. The molecular weight excluding hydrogens is 264 g/mol. The van der Waals surface area contributed by atoms with Crippen molar-refractivity contribution in [3.05, 3.63) is 30.6 Å². The summed E-state index contributed by atoms with van der Waals surface area (Å²) in [4.78, 5) is 2.65. The second-order valence-corrected chi connectivity index (χ2v) is 5.94. The summed E-state index contributed by atoms with van der Waals surface area (Å²) in [5, 5.41) is 15.0. The van der Waals surface area contributed by atoms with E-state index in [9.17, 15) is 0 Å². The summed E-state index contributed by atoms with van der Waals surface area (Å²) in [6.45, 7) is 2.50. The molecule has 1 aromatic carbocycles. The van der Waals surface area contributed by atoms with Gasteiger partial charge in [0, 0.05) is 24.3 Å². The van der Waals surface area contributed by atoms with Crippen molar-refractivity contribution >= 4 is 5.69 Å². The molecule has 110 valence electrons. The monoisotopic (exact) mass is 284 g/mol. The lowest BCUT2D eigenvalue weighted by Crippen LogP contribution is -2.41. The number of anilines is 1. The molecule has 0 radical (unpaired) electrons. The van der Waals surface area contributed by atoms with Crippen LogP contribution in [0.3, 0.4) is 0 Å². The maximum Gasteiger partial charge on any atom is 0.143 e. The van der Waals surface area contributed by atoms with Crippen molar-refractivity contribution in [3.63, 3.8) is 0 Å². The predicted molar refractivity (Wildman–Crippen MR) is 80.4 cm³/mol. The first kappa shape index (κ1) is 12.8. The predicted octanol–water partition coefficient (Wildman–Crippen LogP) is 1.70. The number of tetrazole rings is 1. The van der Waals surface area contributed by atoms with Crippen LogP contribution < -0.4 is 5.32 Å². The lowest BCUT2D eigenvalue weighted by Gasteiger charge is -2.33. The van der Waals surface area contributed by atoms with Crippen LogP contribution >= 0.6 is 0 Å². The molecule has 0 saturated carbocycles. The van der Waals surface area contributed by atoms with Gasteiger partial charge in [0.25, 0.3) is 0 Å². The van der Waals surface area contributed by atoms with Gasteiger partial charge in [0.2, 0.25) is 0 Å². The van der Waals surface area contributed by atoms with E-state index in [1.165, 1.54) is 38.8 Å². The second kappa shape index (κ2) is 5.44. The van der Waals surface area contributed by atoms with Crippen molar-refractivity contribution in [2.45, 2.75) is 37.8 Å². The third kappa shape index (κ3) is 2.51. The molecule has 2 fully saturated rings. The van der Waals surface area contributed by atoms with Gasteiger partial charge in [0.15, 0.2) is 0 Å². The van der Waals surface area contributed by atoms with E-state index in [1.54, 1.807) is 11.0 Å². The Hall–Kier alpha value is -1.95. The topological polar surface area (TPSA) is 58.9 Å². The molecule has 3 heterocycles. The van der Waals surface area contributed by atoms with Crippen molar-refractivity contribution in [1.82, 2.24) is 25.1 Å². The molecule has 2 atom stereocenters. The molecule has 0 spiro atoms. The van der Waals surface area contributed by atoms with Gasteiger partial charge in [0.1, 0.15) is 6.33 Å². The largest absolute Gasteiger partial charge is 0.381 e. The summed E-state index contributed by atoms with van der Waals surface area (Å²) < 4.78 is 1.69. The van der Waals surface area contributed by atoms with Gasteiger partial charge in [-0.15, -0.1) is 5.10 Å². The van der Waals surface area contributed by atoms with E-state index in [0.717, 1.165) is 11.4 Å². The molecule has 2 aromatic rings. The Bertz CT molecular complexity index is 596. The zero-order valence-corrected chi connectivity index (χ0v) is 12.0. The van der Waals surface area contributed by atoms with E-state index >= 15 is 0 Å². The van der Waals surface area contributed by atoms with Gasteiger partial charge in [-0.2, -0.15) is 0 Å². The third-order valence-corrected chi connectivity index (χ3v) is 4.67. The van der Waals surface area contributed by atoms with Crippen LogP contribution in [0, 0.1) is 0 Å². The highest BCUT2D eigenvalue weighted by Gasteiger charge is 2.35. The van der Waals surface area contributed by atoms with Crippen LogP contribution in [0.1, 0.15) is 25.7 Å². The van der Waals surface area contributed by atoms with Crippen LogP contribution in [0.25, 0.3) is 5.69 Å². The summed E-state index contributed by atoms with van der Waals surface area (Å²) in [7, 11) is 0. The van der Waals surface area contributed by atoms with Crippen LogP contribution in [-0.4, -0.2) is 50.3 Å². The van der Waals surface area contributed by atoms with Crippen LogP contribution in [0.5, 0.6) is 0 Å². The highest BCUT2D eigenvalue weighted by atomic mass is 15.5. The highest BCUT2D eigenvalue weighted by molar-refractivity contribution is 5.51. The third-order valence-electron chi connectivity index (χ3n) is 4.67. The highest BCUT2D eigenvalue weighted by Crippen LogP contribution is 2.29. The number of hydrogen-bond donors (Lipinski definition) is 1. The number of fused-ring (bicyclic) bond motifs is 1. The Morgan fingerprint density at radius 2 is 2.14 bits per heavy atom. The van der Waals surface area contributed by atoms with Crippen molar-refractivity contribution in [1.29, 1.82) is 0 Å². The minimum Gasteiger partial charge on any atom is -0.381 e. The van der Waals surface area contributed by atoms with Gasteiger partial charge >= 0.3 is 0 Å². The van der Waals surface area contributed by atoms with E-state index < -0.39 is 0 Å². The molecule has 21 heavy (non-hydrogen) atoms. The molecule has 0 amide bonds. The van der Waals surface area contributed by atoms with Crippen molar-refractivity contribution in [2.24, 2.45) is 0 Å². The second-order valence-electron chi connectivity index (χ2n) is 5.94. The Morgan fingerprint density at radius 3 is 3.05 bits per heavy atom. The van der Waals surface area contributed by atoms with E-state index in [-0.39, 0.29) is 0 Å². The lowest BCUT2D eigenvalue weighted by atomic mass is 9.99. The van der Waals surface area contributed by atoms with E-state index in [1.807, 2.05) is 12.1 Å². The molecule has 2 aliphatic heterocycles. The van der Waals surface area contributed by atoms with Crippen LogP contribution in [0.4, 0.5) is 5.69 Å². The molecule has 2 saturated heterocycles. The van der Waals surface area contributed by atoms with Crippen LogP contribution in [0.15, 0.2) is 30.6 Å². The van der Waals surface area contributed by atoms with E-state index in [4.69, 9.17) is 0 Å². The molecule has 2 aliphatic rings. The number of rotatable bonds is 3. The lowest BCUT2D eigenvalue weighted by molar-refractivity contribution is 0.193. The first-order valence-electron chi connectivity index (χ1n) is 7.74. The molecule has 1 aromatic heterocycles. The summed E-state index contributed by atoms with van der Waals surface area (Å²) in [5.74, 6) is 0. The van der Waals surface area contributed by atoms with Crippen molar-refractivity contribution in [2.75, 3.05) is 18.4 Å². The zero-order chi connectivity index (χ0) is 14.1. The summed E-state index contributed by atoms with van der Waals surface area (Å²) >= 11 is 0. The zero-order valence-electron chi connectivity index (χ0n) is 12.0. The first-order valence-corrected chi connectivity index (χ1v) is 7.74. The number of nitrogens with one attached hydrogen (secondary N) is 1. The molecule has 1 N–H and O–H groups in total. The normalized spacial score (nSPS) is 25.7. The average Bonchev–Trinajstić information content (AvgIpc) is 3.18. The molecule has 6 heteroatoms. The number of aromatic nitrogens is 4. The molecule has 2 unspecified atom stereocenters. The van der Waals surface area contributed by atoms with Gasteiger partial charge < -0.3 is 5.32 Å². The fraction of sp³-hybridized carbons (Fsp3) is 0.533. The van der Waals surface area contributed by atoms with Crippen LogP contribution in [-0.2, 0) is 0 Å². The standard InChI is InChI=1S/C15H20N6/c1-2-8-20-9-7-14(15(20)6-1)17-12-4-3-5-13(10-12)21-11-16-18-19-21/h3-5,10-11,14-15,17H,1-2,6-9H2. The molecule has 0 bridgehead atoms. The van der Waals surface area contributed by atoms with E-state index in [2.05, 4.69) is 37.9 Å². The molecule has 6 nitrogen and oxygen atoms in total. The number of nitrogens with zero attached hydrogens (tertiary/aromatic N) is 5. The number of benzene rings is 1. The van der Waals surface area contributed by atoms with Gasteiger partial charge in [-0.25, -0.2) is 4.68 Å². The minimum absolute atomic E-state index is 0.564. The minimum atomic E-state index is 0.564. The van der Waals surface area contributed by atoms with Crippen LogP contribution in [0.2, 0.25) is 0 Å². The molecule has 4 rings (SSSR count). The van der Waals surface area contributed by atoms with Gasteiger partial charge in [0.05, 0.1) is 5.69 Å².